The number of fused-ring (bicyclic) bond motifs is 1. The van der Waals surface area contributed by atoms with E-state index >= 15 is 0 Å². The van der Waals surface area contributed by atoms with Crippen LogP contribution in [0.15, 0.2) is 16.6 Å². The van der Waals surface area contributed by atoms with Crippen molar-refractivity contribution in [2.24, 2.45) is 0 Å². The van der Waals surface area contributed by atoms with E-state index in [1.54, 1.807) is 0 Å². The average molecular weight is 271 g/mol. The highest BCUT2D eigenvalue weighted by atomic mass is 79.9. The van der Waals surface area contributed by atoms with E-state index in [0.717, 1.165) is 27.8 Å². The predicted octanol–water partition coefficient (Wildman–Crippen LogP) is 2.35. The van der Waals surface area contributed by atoms with Gasteiger partial charge in [-0.2, -0.15) is 0 Å². The molecule has 0 aliphatic carbocycles. The number of hydrogen-bond donors (Lipinski definition) is 0. The van der Waals surface area contributed by atoms with Crippen molar-refractivity contribution >= 4 is 22.2 Å². The number of halogens is 1. The van der Waals surface area contributed by atoms with E-state index in [0.29, 0.717) is 26.1 Å². The summed E-state index contributed by atoms with van der Waals surface area (Å²) in [5, 5.41) is 0. The van der Waals surface area contributed by atoms with Gasteiger partial charge in [0.2, 0.25) is 0 Å². The monoisotopic (exact) mass is 270 g/mol. The minimum atomic E-state index is 0.498. The summed E-state index contributed by atoms with van der Waals surface area (Å²) in [6, 6.07) is 3.80. The van der Waals surface area contributed by atoms with Crippen LogP contribution in [-0.2, 0) is 11.2 Å². The summed E-state index contributed by atoms with van der Waals surface area (Å²) >= 11 is 3.45. The molecule has 80 valence electrons. The topological polar surface area (TPSA) is 35.5 Å². The maximum Gasteiger partial charge on any atom is 0.165 e. The minimum Gasteiger partial charge on any atom is -0.486 e. The van der Waals surface area contributed by atoms with Gasteiger partial charge in [0.1, 0.15) is 19.5 Å². The lowest BCUT2D eigenvalue weighted by molar-refractivity contribution is -0.107. The van der Waals surface area contributed by atoms with Crippen molar-refractivity contribution in [3.05, 3.63) is 22.2 Å². The van der Waals surface area contributed by atoms with Crippen molar-refractivity contribution in [1.82, 2.24) is 0 Å². The quantitative estimate of drug-likeness (QED) is 0.791. The maximum absolute atomic E-state index is 10.4. The summed E-state index contributed by atoms with van der Waals surface area (Å²) in [5.41, 5.74) is 1.01. The lowest BCUT2D eigenvalue weighted by Crippen LogP contribution is -2.16. The molecule has 2 rings (SSSR count). The van der Waals surface area contributed by atoms with Crippen molar-refractivity contribution in [3.63, 3.8) is 0 Å². The van der Waals surface area contributed by atoms with Gasteiger partial charge in [0.25, 0.3) is 0 Å². The zero-order valence-corrected chi connectivity index (χ0v) is 9.75. The maximum atomic E-state index is 10.4. The van der Waals surface area contributed by atoms with Crippen LogP contribution in [0.2, 0.25) is 0 Å². The summed E-state index contributed by atoms with van der Waals surface area (Å²) in [5.74, 6) is 1.54. The number of benzene rings is 1. The molecule has 1 aromatic rings. The van der Waals surface area contributed by atoms with Gasteiger partial charge >= 0.3 is 0 Å². The molecule has 1 heterocycles. The van der Waals surface area contributed by atoms with Gasteiger partial charge in [-0.1, -0.05) is 15.9 Å². The Labute approximate surface area is 96.5 Å². The molecule has 1 aromatic carbocycles. The number of ether oxygens (including phenoxy) is 2. The van der Waals surface area contributed by atoms with Crippen molar-refractivity contribution < 1.29 is 14.3 Å². The summed E-state index contributed by atoms with van der Waals surface area (Å²) in [6.45, 7) is 1.15. The first-order valence-corrected chi connectivity index (χ1v) is 5.63. The Balaban J connectivity index is 2.36. The smallest absolute Gasteiger partial charge is 0.165 e. The molecule has 0 saturated heterocycles. The predicted molar refractivity (Wildman–Crippen MR) is 59.5 cm³/mol. The molecule has 1 aliphatic rings. The molecule has 4 heteroatoms. The molecule has 3 nitrogen and oxygen atoms in total. The first kappa shape index (κ1) is 10.5. The fourth-order valence-electron chi connectivity index (χ4n) is 1.59. The van der Waals surface area contributed by atoms with Gasteiger partial charge in [0.05, 0.1) is 0 Å². The zero-order valence-electron chi connectivity index (χ0n) is 8.16. The molecule has 0 radical (unpaired) electrons. The van der Waals surface area contributed by atoms with E-state index in [1.165, 1.54) is 0 Å². The highest BCUT2D eigenvalue weighted by molar-refractivity contribution is 9.10. The molecule has 0 unspecified atom stereocenters. The molecule has 0 amide bonds. The molecule has 1 aliphatic heterocycles. The molecule has 0 spiro atoms. The lowest BCUT2D eigenvalue weighted by Gasteiger charge is -2.21. The highest BCUT2D eigenvalue weighted by Crippen LogP contribution is 2.38. The van der Waals surface area contributed by atoms with Crippen LogP contribution >= 0.6 is 15.9 Å². The standard InChI is InChI=1S/C11H11BrO3/c12-9-3-4-10-11(15-7-6-14-10)8(9)2-1-5-13/h3-5H,1-2,6-7H2. The Kier molecular flexibility index (Phi) is 3.26. The molecule has 0 aromatic heterocycles. The normalized spacial score (nSPS) is 13.7. The second-order valence-electron chi connectivity index (χ2n) is 3.26. The van der Waals surface area contributed by atoms with Gasteiger partial charge in [0.15, 0.2) is 11.5 Å². The summed E-state index contributed by atoms with van der Waals surface area (Å²) in [6.07, 6.45) is 2.09. The summed E-state index contributed by atoms with van der Waals surface area (Å²) in [4.78, 5) is 10.4. The van der Waals surface area contributed by atoms with Crippen LogP contribution in [0.5, 0.6) is 11.5 Å². The minimum absolute atomic E-state index is 0.498. The second-order valence-corrected chi connectivity index (χ2v) is 4.11. The molecule has 15 heavy (non-hydrogen) atoms. The molecule has 0 atom stereocenters. The molecular weight excluding hydrogens is 260 g/mol. The first-order valence-electron chi connectivity index (χ1n) is 4.83. The Morgan fingerprint density at radius 1 is 1.33 bits per heavy atom. The SMILES string of the molecule is O=CCCc1c(Br)ccc2c1OCCO2. The fourth-order valence-corrected chi connectivity index (χ4v) is 2.10. The number of aldehydes is 1. The van der Waals surface area contributed by atoms with Gasteiger partial charge in [0, 0.05) is 16.5 Å². The van der Waals surface area contributed by atoms with Crippen LogP contribution < -0.4 is 9.47 Å². The molecule has 0 saturated carbocycles. The van der Waals surface area contributed by atoms with E-state index in [2.05, 4.69) is 15.9 Å². The second kappa shape index (κ2) is 4.66. The van der Waals surface area contributed by atoms with Crippen molar-refractivity contribution in [3.8, 4) is 11.5 Å². The summed E-state index contributed by atoms with van der Waals surface area (Å²) in [7, 11) is 0. The van der Waals surface area contributed by atoms with E-state index < -0.39 is 0 Å². The van der Waals surface area contributed by atoms with E-state index in [-0.39, 0.29) is 0 Å². The number of carbonyl (C=O) groups is 1. The van der Waals surface area contributed by atoms with Crippen LogP contribution in [0, 0.1) is 0 Å². The van der Waals surface area contributed by atoms with E-state index in [4.69, 9.17) is 9.47 Å². The van der Waals surface area contributed by atoms with E-state index in [1.807, 2.05) is 12.1 Å². The van der Waals surface area contributed by atoms with Gasteiger partial charge in [-0.25, -0.2) is 0 Å². The number of rotatable bonds is 3. The molecule has 0 N–H and O–H groups in total. The van der Waals surface area contributed by atoms with Crippen LogP contribution in [0.1, 0.15) is 12.0 Å². The van der Waals surface area contributed by atoms with Crippen molar-refractivity contribution in [2.75, 3.05) is 13.2 Å². The van der Waals surface area contributed by atoms with Gasteiger partial charge in [-0.05, 0) is 18.6 Å². The van der Waals surface area contributed by atoms with Gasteiger partial charge < -0.3 is 14.3 Å². The third kappa shape index (κ3) is 2.15. The van der Waals surface area contributed by atoms with Crippen LogP contribution in [0.25, 0.3) is 0 Å². The number of carbonyl (C=O) groups excluding carboxylic acids is 1. The van der Waals surface area contributed by atoms with Crippen molar-refractivity contribution in [2.45, 2.75) is 12.8 Å². The molecular formula is C11H11BrO3. The molecule has 0 fully saturated rings. The fraction of sp³-hybridized carbons (Fsp3) is 0.364. The average Bonchev–Trinajstić information content (AvgIpc) is 2.28. The van der Waals surface area contributed by atoms with Crippen LogP contribution in [0.4, 0.5) is 0 Å². The van der Waals surface area contributed by atoms with Crippen LogP contribution in [-0.4, -0.2) is 19.5 Å². The Hall–Kier alpha value is -1.03. The molecule has 0 bridgehead atoms. The van der Waals surface area contributed by atoms with Crippen LogP contribution in [0.3, 0.4) is 0 Å². The Morgan fingerprint density at radius 3 is 2.93 bits per heavy atom. The third-order valence-electron chi connectivity index (χ3n) is 2.27. The third-order valence-corrected chi connectivity index (χ3v) is 3.01. The first-order chi connectivity index (χ1) is 7.33. The zero-order chi connectivity index (χ0) is 10.7. The Bertz CT molecular complexity index is 376. The lowest BCUT2D eigenvalue weighted by atomic mass is 10.1. The Morgan fingerprint density at radius 2 is 2.13 bits per heavy atom. The largest absolute Gasteiger partial charge is 0.486 e. The van der Waals surface area contributed by atoms with Gasteiger partial charge in [-0.15, -0.1) is 0 Å². The van der Waals surface area contributed by atoms with Gasteiger partial charge in [-0.3, -0.25) is 0 Å². The van der Waals surface area contributed by atoms with E-state index in [9.17, 15) is 4.79 Å². The highest BCUT2D eigenvalue weighted by Gasteiger charge is 2.17. The summed E-state index contributed by atoms with van der Waals surface area (Å²) < 4.78 is 12.0. The van der Waals surface area contributed by atoms with Crippen molar-refractivity contribution in [1.29, 1.82) is 0 Å². The number of hydrogen-bond acceptors (Lipinski definition) is 3.